The van der Waals surface area contributed by atoms with Crippen molar-refractivity contribution in [2.75, 3.05) is 0 Å². The van der Waals surface area contributed by atoms with Gasteiger partial charge in [0.15, 0.2) is 0 Å². The quantitative estimate of drug-likeness (QED) is 0.784. The predicted octanol–water partition coefficient (Wildman–Crippen LogP) is 1.79. The molecule has 0 fully saturated rings. The predicted molar refractivity (Wildman–Crippen MR) is 77.9 cm³/mol. The molecule has 5 nitrogen and oxygen atoms in total. The lowest BCUT2D eigenvalue weighted by molar-refractivity contribution is 0.767. The number of imidazole rings is 1. The Morgan fingerprint density at radius 2 is 1.95 bits per heavy atom. The fourth-order valence-electron chi connectivity index (χ4n) is 2.34. The summed E-state index contributed by atoms with van der Waals surface area (Å²) in [4.78, 5) is 4.25. The van der Waals surface area contributed by atoms with Gasteiger partial charge < -0.3 is 10.3 Å². The topological polar surface area (TPSA) is 61.7 Å². The number of hydrogen-bond acceptors (Lipinski definition) is 3. The molecule has 5 heteroatoms. The first-order valence-corrected chi connectivity index (χ1v) is 6.54. The van der Waals surface area contributed by atoms with Crippen molar-refractivity contribution in [2.24, 2.45) is 12.8 Å². The number of hydrogen-bond donors (Lipinski definition) is 1. The molecule has 0 saturated heterocycles. The van der Waals surface area contributed by atoms with Crippen LogP contribution in [-0.4, -0.2) is 19.3 Å². The third-order valence-corrected chi connectivity index (χ3v) is 3.39. The fraction of sp³-hybridized carbons (Fsp3) is 0.200. The molecule has 3 aromatic rings. The highest BCUT2D eigenvalue weighted by atomic mass is 15.2. The number of aromatic nitrogens is 4. The van der Waals surface area contributed by atoms with E-state index in [1.54, 1.807) is 4.68 Å². The molecule has 0 bridgehead atoms. The molecule has 0 unspecified atom stereocenters. The van der Waals surface area contributed by atoms with Crippen molar-refractivity contribution < 1.29 is 0 Å². The summed E-state index contributed by atoms with van der Waals surface area (Å²) < 4.78 is 3.91. The molecule has 0 atom stereocenters. The second kappa shape index (κ2) is 5.30. The van der Waals surface area contributed by atoms with Gasteiger partial charge in [0.2, 0.25) is 0 Å². The summed E-state index contributed by atoms with van der Waals surface area (Å²) in [5.74, 6) is 0. The molecule has 0 saturated carbocycles. The van der Waals surface area contributed by atoms with Crippen molar-refractivity contribution >= 4 is 0 Å². The number of benzene rings is 1. The highest BCUT2D eigenvalue weighted by Gasteiger charge is 2.09. The largest absolute Gasteiger partial charge is 0.326 e. The van der Waals surface area contributed by atoms with Crippen molar-refractivity contribution in [1.82, 2.24) is 19.3 Å². The smallest absolute Gasteiger partial charge is 0.0954 e. The lowest BCUT2D eigenvalue weighted by atomic mass is 10.1. The van der Waals surface area contributed by atoms with E-state index in [0.29, 0.717) is 6.54 Å². The lowest BCUT2D eigenvalue weighted by Gasteiger charge is -2.10. The Balaban J connectivity index is 1.94. The van der Waals surface area contributed by atoms with E-state index in [1.807, 2.05) is 44.1 Å². The Hall–Kier alpha value is -2.40. The van der Waals surface area contributed by atoms with E-state index in [0.717, 1.165) is 17.8 Å². The van der Waals surface area contributed by atoms with Crippen LogP contribution in [0.15, 0.2) is 49.2 Å². The Labute approximate surface area is 117 Å². The second-order valence-corrected chi connectivity index (χ2v) is 4.78. The Kier molecular flexibility index (Phi) is 3.35. The maximum atomic E-state index is 5.79. The maximum absolute atomic E-state index is 5.79. The molecular formula is C15H17N5. The molecule has 0 aliphatic heterocycles. The van der Waals surface area contributed by atoms with Gasteiger partial charge >= 0.3 is 0 Å². The van der Waals surface area contributed by atoms with Gasteiger partial charge in [-0.3, -0.25) is 4.68 Å². The van der Waals surface area contributed by atoms with Crippen LogP contribution in [-0.2, 0) is 20.1 Å². The molecule has 0 radical (unpaired) electrons. The van der Waals surface area contributed by atoms with E-state index in [-0.39, 0.29) is 0 Å². The average molecular weight is 267 g/mol. The minimum absolute atomic E-state index is 0.549. The van der Waals surface area contributed by atoms with Crippen LogP contribution in [0.1, 0.15) is 11.1 Å². The molecule has 0 aliphatic rings. The van der Waals surface area contributed by atoms with Crippen LogP contribution in [0, 0.1) is 0 Å². The third kappa shape index (κ3) is 2.35. The molecule has 102 valence electrons. The zero-order valence-corrected chi connectivity index (χ0v) is 11.4. The van der Waals surface area contributed by atoms with Gasteiger partial charge in [-0.1, -0.05) is 24.3 Å². The van der Waals surface area contributed by atoms with Crippen LogP contribution in [0.5, 0.6) is 0 Å². The van der Waals surface area contributed by atoms with E-state index in [4.69, 9.17) is 5.73 Å². The summed E-state index contributed by atoms with van der Waals surface area (Å²) in [6.45, 7) is 1.31. The maximum Gasteiger partial charge on any atom is 0.0954 e. The molecule has 3 rings (SSSR count). The molecule has 2 aromatic heterocycles. The van der Waals surface area contributed by atoms with Gasteiger partial charge in [-0.25, -0.2) is 4.98 Å². The third-order valence-electron chi connectivity index (χ3n) is 3.39. The number of nitrogens with zero attached hydrogens (tertiary/aromatic N) is 4. The number of rotatable bonds is 4. The van der Waals surface area contributed by atoms with E-state index in [2.05, 4.69) is 26.8 Å². The molecule has 1 aromatic carbocycles. The normalized spacial score (nSPS) is 10.9. The van der Waals surface area contributed by atoms with Crippen LogP contribution >= 0.6 is 0 Å². The monoisotopic (exact) mass is 267 g/mol. The van der Waals surface area contributed by atoms with Gasteiger partial charge in [0.05, 0.1) is 24.4 Å². The molecule has 2 heterocycles. The van der Waals surface area contributed by atoms with Crippen LogP contribution < -0.4 is 5.73 Å². The van der Waals surface area contributed by atoms with Crippen LogP contribution in [0.25, 0.3) is 11.3 Å². The van der Waals surface area contributed by atoms with Gasteiger partial charge in [-0.2, -0.15) is 5.10 Å². The van der Waals surface area contributed by atoms with E-state index in [9.17, 15) is 0 Å². The van der Waals surface area contributed by atoms with Gasteiger partial charge in [-0.15, -0.1) is 0 Å². The van der Waals surface area contributed by atoms with E-state index >= 15 is 0 Å². The Bertz CT molecular complexity index is 710. The second-order valence-electron chi connectivity index (χ2n) is 4.78. The van der Waals surface area contributed by atoms with Gasteiger partial charge in [0.1, 0.15) is 0 Å². The Morgan fingerprint density at radius 3 is 2.65 bits per heavy atom. The van der Waals surface area contributed by atoms with Crippen molar-refractivity contribution in [3.05, 3.63) is 60.3 Å². The molecule has 20 heavy (non-hydrogen) atoms. The highest BCUT2D eigenvalue weighted by molar-refractivity contribution is 5.56. The summed E-state index contributed by atoms with van der Waals surface area (Å²) in [6.07, 6.45) is 7.54. The van der Waals surface area contributed by atoms with Crippen molar-refractivity contribution in [2.45, 2.75) is 13.1 Å². The lowest BCUT2D eigenvalue weighted by Crippen LogP contribution is -2.06. The van der Waals surface area contributed by atoms with Crippen molar-refractivity contribution in [1.29, 1.82) is 0 Å². The average Bonchev–Trinajstić information content (AvgIpc) is 3.08. The highest BCUT2D eigenvalue weighted by Crippen LogP contribution is 2.20. The van der Waals surface area contributed by atoms with Gasteiger partial charge in [0, 0.05) is 31.9 Å². The first-order chi connectivity index (χ1) is 9.78. The van der Waals surface area contributed by atoms with E-state index in [1.165, 1.54) is 11.1 Å². The van der Waals surface area contributed by atoms with Crippen LogP contribution in [0.3, 0.4) is 0 Å². The van der Waals surface area contributed by atoms with Crippen LogP contribution in [0.2, 0.25) is 0 Å². The van der Waals surface area contributed by atoms with Gasteiger partial charge in [0.25, 0.3) is 0 Å². The fourth-order valence-corrected chi connectivity index (χ4v) is 2.34. The van der Waals surface area contributed by atoms with E-state index < -0.39 is 0 Å². The SMILES string of the molecule is Cn1cc(-c2cncn2Cc2ccccc2CN)cn1. The molecule has 2 N–H and O–H groups in total. The van der Waals surface area contributed by atoms with Crippen molar-refractivity contribution in [3.8, 4) is 11.3 Å². The van der Waals surface area contributed by atoms with Crippen LogP contribution in [0.4, 0.5) is 0 Å². The summed E-state index contributed by atoms with van der Waals surface area (Å²) in [5.41, 5.74) is 10.3. The van der Waals surface area contributed by atoms with Gasteiger partial charge in [-0.05, 0) is 11.1 Å². The number of nitrogens with two attached hydrogens (primary N) is 1. The molecular weight excluding hydrogens is 250 g/mol. The summed E-state index contributed by atoms with van der Waals surface area (Å²) in [7, 11) is 1.91. The minimum atomic E-state index is 0.549. The number of aryl methyl sites for hydroxylation is 1. The molecule has 0 amide bonds. The zero-order valence-electron chi connectivity index (χ0n) is 11.4. The summed E-state index contributed by atoms with van der Waals surface area (Å²) in [6, 6.07) is 8.22. The molecule has 0 aliphatic carbocycles. The summed E-state index contributed by atoms with van der Waals surface area (Å²) in [5, 5.41) is 4.21. The first-order valence-electron chi connectivity index (χ1n) is 6.54. The minimum Gasteiger partial charge on any atom is -0.326 e. The Morgan fingerprint density at radius 1 is 1.15 bits per heavy atom. The summed E-state index contributed by atoms with van der Waals surface area (Å²) >= 11 is 0. The zero-order chi connectivity index (χ0) is 13.9. The standard InChI is InChI=1S/C15H17N5/c1-19-9-14(7-18-19)15-8-17-11-20(15)10-13-5-3-2-4-12(13)6-16/h2-5,7-9,11H,6,10,16H2,1H3. The molecule has 0 spiro atoms. The first kappa shape index (κ1) is 12.6. The van der Waals surface area contributed by atoms with Crippen molar-refractivity contribution in [3.63, 3.8) is 0 Å².